The number of nitrogens with zero attached hydrogens (tertiary/aromatic N) is 1. The minimum atomic E-state index is -2.42. The number of ketones is 2. The van der Waals surface area contributed by atoms with Gasteiger partial charge in [0.15, 0.2) is 11.6 Å². The fourth-order valence-electron chi connectivity index (χ4n) is 10.3. The number of primary amides is 1. The Morgan fingerprint density at radius 1 is 0.894 bits per heavy atom. The van der Waals surface area contributed by atoms with Gasteiger partial charge in [0.25, 0.3) is 0 Å². The van der Waals surface area contributed by atoms with Crippen LogP contribution < -0.4 is 47.7 Å². The predicted molar refractivity (Wildman–Crippen MR) is 307 cm³/mol. The molecule has 0 spiro atoms. The number of aliphatic hydroxyl groups is 3. The number of hydrogen-bond acceptors (Lipinski definition) is 18. The van der Waals surface area contributed by atoms with E-state index >= 15 is 4.21 Å². The Labute approximate surface area is 497 Å². The lowest BCUT2D eigenvalue weighted by atomic mass is 9.85. The SMILES string of the molecule is CC[C@H](C)[C@@H]1CC(=O)CNC(=O)[C@H]2CC(=O)[C@H]([C@@H](C)[C@@H](O)CO)NC(=O)[C@@H]3C[C@@H](O)CN3C(=O)[C@H](CC(N)=O)NC(=O)[C@H](CS(=O)c3[nH]c4c(CSCCCCNC(=O)CCNC(=O)CC(C)C(=O)O)c(OC)ccc4c3C2)NC(=O)CNC1=O. The van der Waals surface area contributed by atoms with Crippen LogP contribution in [0.5, 0.6) is 5.75 Å². The van der Waals surface area contributed by atoms with E-state index in [9.17, 15) is 72.9 Å². The molecule has 2 aromatic rings. The molecule has 1 aromatic heterocycles. The number of aromatic amines is 1. The number of carbonyl (C=O) groups is 12. The van der Waals surface area contributed by atoms with Gasteiger partial charge < -0.3 is 78.0 Å². The molecule has 28 nitrogen and oxygen atoms in total. The van der Waals surface area contributed by atoms with E-state index in [1.54, 1.807) is 26.0 Å². The molecule has 9 amide bonds. The lowest BCUT2D eigenvalue weighted by Gasteiger charge is -2.32. The number of thioether (sulfide) groups is 1. The number of carboxylic acid groups (broad SMARTS) is 1. The zero-order chi connectivity index (χ0) is 62.8. The van der Waals surface area contributed by atoms with Crippen LogP contribution in [0.2, 0.25) is 0 Å². The summed E-state index contributed by atoms with van der Waals surface area (Å²) in [6, 6.07) is -3.73. The van der Waals surface area contributed by atoms with Gasteiger partial charge in [0.05, 0.1) is 79.5 Å². The number of rotatable bonds is 21. The van der Waals surface area contributed by atoms with Crippen LogP contribution in [0.3, 0.4) is 0 Å². The van der Waals surface area contributed by atoms with E-state index in [0.29, 0.717) is 53.8 Å². The van der Waals surface area contributed by atoms with Crippen molar-refractivity contribution in [2.24, 2.45) is 35.3 Å². The molecule has 85 heavy (non-hydrogen) atoms. The molecule has 1 saturated heterocycles. The van der Waals surface area contributed by atoms with Crippen molar-refractivity contribution in [1.82, 2.24) is 47.1 Å². The Kier molecular flexibility index (Phi) is 26.3. The zero-order valence-electron chi connectivity index (χ0n) is 48.3. The van der Waals surface area contributed by atoms with Gasteiger partial charge in [0, 0.05) is 86.2 Å². The number of aliphatic hydroxyl groups excluding tert-OH is 3. The highest BCUT2D eigenvalue weighted by Gasteiger charge is 2.45. The summed E-state index contributed by atoms with van der Waals surface area (Å²) in [5.41, 5.74) is 6.65. The Hall–Kier alpha value is -7.02. The summed E-state index contributed by atoms with van der Waals surface area (Å²) in [6.07, 6.45) is -4.50. The highest BCUT2D eigenvalue weighted by Crippen LogP contribution is 2.37. The van der Waals surface area contributed by atoms with Crippen LogP contribution in [0, 0.1) is 29.6 Å². The number of amides is 9. The molecule has 2 bridgehead atoms. The third kappa shape index (κ3) is 19.2. The lowest BCUT2D eigenvalue weighted by Crippen LogP contribution is -2.60. The predicted octanol–water partition coefficient (Wildman–Crippen LogP) is -2.69. The van der Waals surface area contributed by atoms with Crippen LogP contribution in [0.15, 0.2) is 17.2 Å². The zero-order valence-corrected chi connectivity index (χ0v) is 49.9. The average Bonchev–Trinajstić information content (AvgIpc) is 3.02. The number of fused-ring (bicyclic) bond motifs is 5. The number of H-pyrrole nitrogens is 1. The first-order valence-electron chi connectivity index (χ1n) is 28.3. The molecular weight excluding hydrogens is 1150 g/mol. The summed E-state index contributed by atoms with van der Waals surface area (Å²) in [6.45, 7) is 3.79. The molecule has 14 N–H and O–H groups in total. The van der Waals surface area contributed by atoms with Gasteiger partial charge in [-0.3, -0.25) is 61.7 Å². The molecule has 12 atom stereocenters. The molecule has 0 saturated carbocycles. The van der Waals surface area contributed by atoms with Crippen molar-refractivity contribution in [3.63, 3.8) is 0 Å². The van der Waals surface area contributed by atoms with Crippen molar-refractivity contribution in [3.8, 4) is 5.75 Å². The number of carbonyl (C=O) groups excluding carboxylic acids is 11. The molecule has 4 heterocycles. The van der Waals surface area contributed by atoms with Crippen molar-refractivity contribution in [1.29, 1.82) is 0 Å². The molecule has 1 fully saturated rings. The molecular formula is C55H80N10O18S2. The Bertz CT molecular complexity index is 2850. The van der Waals surface area contributed by atoms with Crippen molar-refractivity contribution >= 4 is 104 Å². The van der Waals surface area contributed by atoms with Gasteiger partial charge in [-0.25, -0.2) is 0 Å². The second-order valence-electron chi connectivity index (χ2n) is 21.9. The molecule has 470 valence electrons. The summed E-state index contributed by atoms with van der Waals surface area (Å²) < 4.78 is 21.1. The number of unbranched alkanes of at least 4 members (excludes halogenated alkanes) is 1. The van der Waals surface area contributed by atoms with E-state index in [-0.39, 0.29) is 41.6 Å². The van der Waals surface area contributed by atoms with Gasteiger partial charge in [-0.1, -0.05) is 34.1 Å². The number of nitrogens with two attached hydrogens (primary N) is 1. The molecule has 0 radical (unpaired) electrons. The van der Waals surface area contributed by atoms with Gasteiger partial charge in [-0.2, -0.15) is 11.8 Å². The number of Topliss-reactive ketones (excluding diaryl/α,β-unsaturated/α-hetero) is 2. The number of nitrogens with one attached hydrogen (secondary N) is 8. The van der Waals surface area contributed by atoms with Crippen LogP contribution in [-0.2, 0) is 80.5 Å². The first-order valence-corrected chi connectivity index (χ1v) is 30.7. The Balaban J connectivity index is 1.60. The summed E-state index contributed by atoms with van der Waals surface area (Å²) in [5, 5.41) is 59.1. The molecule has 0 aliphatic carbocycles. The number of benzene rings is 1. The average molecular weight is 1230 g/mol. The highest BCUT2D eigenvalue weighted by atomic mass is 32.2. The van der Waals surface area contributed by atoms with E-state index in [1.165, 1.54) is 32.7 Å². The maximum absolute atomic E-state index is 15.3. The van der Waals surface area contributed by atoms with Crippen LogP contribution in [0.25, 0.3) is 10.9 Å². The van der Waals surface area contributed by atoms with Crippen molar-refractivity contribution < 1.29 is 86.9 Å². The smallest absolute Gasteiger partial charge is 0.306 e. The number of aromatic nitrogens is 1. The molecule has 3 aliphatic rings. The van der Waals surface area contributed by atoms with E-state index in [2.05, 4.69) is 42.2 Å². The monoisotopic (exact) mass is 1230 g/mol. The normalized spacial score (nSPS) is 24.7. The topological polar surface area (TPSA) is 441 Å². The molecule has 5 rings (SSSR count). The van der Waals surface area contributed by atoms with Crippen molar-refractivity contribution in [2.45, 2.75) is 139 Å². The van der Waals surface area contributed by atoms with Crippen molar-refractivity contribution in [3.05, 3.63) is 23.3 Å². The number of ether oxygens (including phenoxy) is 1. The van der Waals surface area contributed by atoms with E-state index in [0.717, 1.165) is 4.90 Å². The fraction of sp³-hybridized carbons (Fsp3) is 0.636. The largest absolute Gasteiger partial charge is 0.496 e. The minimum Gasteiger partial charge on any atom is -0.496 e. The minimum absolute atomic E-state index is 0.0180. The Morgan fingerprint density at radius 2 is 1.60 bits per heavy atom. The Morgan fingerprint density at radius 3 is 2.27 bits per heavy atom. The highest BCUT2D eigenvalue weighted by molar-refractivity contribution is 7.98. The summed E-state index contributed by atoms with van der Waals surface area (Å²) >= 11 is 1.47. The third-order valence-electron chi connectivity index (χ3n) is 15.5. The summed E-state index contributed by atoms with van der Waals surface area (Å²) in [5.74, 6) is -15.0. The van der Waals surface area contributed by atoms with E-state index < -0.39 is 206 Å². The summed E-state index contributed by atoms with van der Waals surface area (Å²) in [4.78, 5) is 167. The number of carboxylic acids is 1. The van der Waals surface area contributed by atoms with Gasteiger partial charge in [-0.05, 0) is 48.6 Å². The first kappa shape index (κ1) is 68.8. The lowest BCUT2D eigenvalue weighted by molar-refractivity contribution is -0.144. The maximum Gasteiger partial charge on any atom is 0.306 e. The first-order chi connectivity index (χ1) is 40.3. The number of hydrogen-bond donors (Lipinski definition) is 13. The fourth-order valence-corrected chi connectivity index (χ4v) is 12.7. The third-order valence-corrected chi connectivity index (χ3v) is 18.0. The van der Waals surface area contributed by atoms with Gasteiger partial charge in [0.1, 0.15) is 28.9 Å². The molecule has 1 aromatic carbocycles. The van der Waals surface area contributed by atoms with Crippen molar-refractivity contribution in [2.75, 3.05) is 57.9 Å². The van der Waals surface area contributed by atoms with Crippen LogP contribution >= 0.6 is 11.8 Å². The van der Waals surface area contributed by atoms with Gasteiger partial charge in [0.2, 0.25) is 53.2 Å². The molecule has 30 heteroatoms. The second kappa shape index (κ2) is 32.5. The summed E-state index contributed by atoms with van der Waals surface area (Å²) in [7, 11) is -0.994. The van der Waals surface area contributed by atoms with Crippen LogP contribution in [0.4, 0.5) is 0 Å². The maximum atomic E-state index is 15.3. The van der Waals surface area contributed by atoms with Crippen LogP contribution in [-0.4, -0.2) is 200 Å². The molecule has 2 unspecified atom stereocenters. The van der Waals surface area contributed by atoms with Gasteiger partial charge in [-0.15, -0.1) is 0 Å². The van der Waals surface area contributed by atoms with Crippen LogP contribution in [0.1, 0.15) is 96.6 Å². The van der Waals surface area contributed by atoms with E-state index in [1.807, 2.05) is 0 Å². The molecule has 3 aliphatic heterocycles. The quantitative estimate of drug-likeness (QED) is 0.0566. The number of aliphatic carboxylic acids is 1. The standard InChI is InChI=1S/C55H80N10O18S2/c1-6-27(2)34-18-31(67)21-59-49(75)30-16-35-33-9-10-42(83-5)36(25-84-14-8-7-12-57-44(72)11-13-58-45(73)15-28(3)55(80)81)48(33)64-53(35)85(82)26-38(61-46(74)22-60-50(34)76)51(77)62-37(20-43(56)71)54(79)65-23-32(68)19-39(65)52(78)63-47(40(69)17-30)29(4)41(70)24-66/h9-10,27-30,32,34,37-39,41,47,64,66,68,70H,6-8,11-26H2,1-5H3,(H2,56,71)(H,57,72)(H,58,73)(H,59,75)(H,60,76)(H,61,74)(H,62,77)(H,63,78)(H,80,81)/t27-,28?,29-,30+,32+,34-,37-,38-,39-,41-,47-,85?/m0/s1. The second-order valence-corrected chi connectivity index (χ2v) is 24.4. The van der Waals surface area contributed by atoms with E-state index in [4.69, 9.17) is 15.6 Å². The van der Waals surface area contributed by atoms with Gasteiger partial charge >= 0.3 is 5.97 Å². The number of methoxy groups -OCH3 is 1.